The van der Waals surface area contributed by atoms with E-state index < -0.39 is 23.8 Å². The van der Waals surface area contributed by atoms with Gasteiger partial charge < -0.3 is 18.9 Å². The van der Waals surface area contributed by atoms with E-state index in [-0.39, 0.29) is 29.5 Å². The highest BCUT2D eigenvalue weighted by atomic mass is 19.4. The summed E-state index contributed by atoms with van der Waals surface area (Å²) in [5.41, 5.74) is -0.00696. The zero-order valence-electron chi connectivity index (χ0n) is 19.4. The molecule has 1 aromatic heterocycles. The van der Waals surface area contributed by atoms with Crippen molar-refractivity contribution < 1.29 is 31.8 Å². The largest absolute Gasteiger partial charge is 0.431 e. The van der Waals surface area contributed by atoms with Gasteiger partial charge in [-0.15, -0.1) is 0 Å². The zero-order chi connectivity index (χ0) is 25.2. The molecule has 0 spiro atoms. The van der Waals surface area contributed by atoms with Gasteiger partial charge in [-0.3, -0.25) is 0 Å². The molecule has 9 heteroatoms. The summed E-state index contributed by atoms with van der Waals surface area (Å²) in [6.45, 7) is 2.64. The van der Waals surface area contributed by atoms with Gasteiger partial charge in [0, 0.05) is 31.7 Å². The standard InChI is InChI=1S/C26H26F4N2O3/c1-17-22(20-8-10-21(27)11-9-20)24(35-25(33)31(2)14-19-12-13-34-16-19)32(23(17)26(28,29)30)15-18-6-4-3-5-7-18/h3-11,19H,12-16H2,1-2H3. The SMILES string of the molecule is Cc1c(-c2ccc(F)cc2)c(OC(=O)N(C)CC2CCOC2)n(Cc2ccccc2)c1C(F)(F)F. The fraction of sp³-hybridized carbons (Fsp3) is 0.346. The minimum atomic E-state index is -4.72. The third kappa shape index (κ3) is 5.51. The summed E-state index contributed by atoms with van der Waals surface area (Å²) in [6, 6.07) is 13.7. The molecule has 3 aromatic rings. The van der Waals surface area contributed by atoms with Crippen molar-refractivity contribution in [1.29, 1.82) is 0 Å². The normalized spacial score (nSPS) is 15.9. The zero-order valence-corrected chi connectivity index (χ0v) is 19.4. The molecule has 1 atom stereocenters. The fourth-order valence-corrected chi connectivity index (χ4v) is 4.41. The van der Waals surface area contributed by atoms with E-state index in [4.69, 9.17) is 9.47 Å². The number of hydrogen-bond acceptors (Lipinski definition) is 3. The second kappa shape index (κ2) is 10.1. The van der Waals surface area contributed by atoms with Gasteiger partial charge in [0.2, 0.25) is 5.88 Å². The van der Waals surface area contributed by atoms with Crippen molar-refractivity contribution in [2.45, 2.75) is 26.1 Å². The maximum Gasteiger partial charge on any atom is 0.431 e. The second-order valence-electron chi connectivity index (χ2n) is 8.71. The molecule has 1 amide bonds. The Bertz CT molecular complexity index is 1170. The fourth-order valence-electron chi connectivity index (χ4n) is 4.41. The number of amides is 1. The quantitative estimate of drug-likeness (QED) is 0.390. The topological polar surface area (TPSA) is 43.7 Å². The summed E-state index contributed by atoms with van der Waals surface area (Å²) in [5.74, 6) is -0.624. The molecule has 1 aliphatic heterocycles. The summed E-state index contributed by atoms with van der Waals surface area (Å²) < 4.78 is 68.5. The molecule has 1 saturated heterocycles. The Balaban J connectivity index is 1.81. The van der Waals surface area contributed by atoms with Crippen molar-refractivity contribution in [3.8, 4) is 17.0 Å². The van der Waals surface area contributed by atoms with Gasteiger partial charge in [0.15, 0.2) is 0 Å². The second-order valence-corrected chi connectivity index (χ2v) is 8.71. The van der Waals surface area contributed by atoms with Gasteiger partial charge in [-0.25, -0.2) is 9.18 Å². The monoisotopic (exact) mass is 490 g/mol. The number of carbonyl (C=O) groups excluding carboxylic acids is 1. The van der Waals surface area contributed by atoms with E-state index >= 15 is 0 Å². The van der Waals surface area contributed by atoms with Gasteiger partial charge >= 0.3 is 12.3 Å². The highest BCUT2D eigenvalue weighted by molar-refractivity contribution is 5.79. The van der Waals surface area contributed by atoms with Crippen LogP contribution in [-0.2, 0) is 17.5 Å². The molecule has 1 unspecified atom stereocenters. The Hall–Kier alpha value is -3.33. The maximum atomic E-state index is 14.3. The van der Waals surface area contributed by atoms with Crippen LogP contribution in [0.5, 0.6) is 5.88 Å². The van der Waals surface area contributed by atoms with E-state index in [1.807, 2.05) is 0 Å². The first-order valence-electron chi connectivity index (χ1n) is 11.3. The van der Waals surface area contributed by atoms with E-state index in [1.54, 1.807) is 37.4 Å². The third-order valence-corrected chi connectivity index (χ3v) is 6.10. The van der Waals surface area contributed by atoms with E-state index in [2.05, 4.69) is 0 Å². The molecule has 35 heavy (non-hydrogen) atoms. The number of benzene rings is 2. The predicted octanol–water partition coefficient (Wildman–Crippen LogP) is 6.14. The lowest BCUT2D eigenvalue weighted by atomic mass is 10.0. The van der Waals surface area contributed by atoms with Crippen LogP contribution in [0.3, 0.4) is 0 Å². The first-order valence-corrected chi connectivity index (χ1v) is 11.3. The van der Waals surface area contributed by atoms with Gasteiger partial charge in [-0.1, -0.05) is 42.5 Å². The molecule has 186 valence electrons. The molecule has 0 saturated carbocycles. The molecule has 2 aromatic carbocycles. The molecule has 0 aliphatic carbocycles. The smallest absolute Gasteiger partial charge is 0.392 e. The van der Waals surface area contributed by atoms with E-state index in [9.17, 15) is 22.4 Å². The summed E-state index contributed by atoms with van der Waals surface area (Å²) in [5, 5.41) is 0. The van der Waals surface area contributed by atoms with Crippen LogP contribution in [0.15, 0.2) is 54.6 Å². The predicted molar refractivity (Wildman–Crippen MR) is 123 cm³/mol. The third-order valence-electron chi connectivity index (χ3n) is 6.10. The molecule has 2 heterocycles. The molecule has 0 N–H and O–H groups in total. The summed E-state index contributed by atoms with van der Waals surface area (Å²) in [6.07, 6.45) is -4.70. The summed E-state index contributed by atoms with van der Waals surface area (Å²) >= 11 is 0. The van der Waals surface area contributed by atoms with E-state index in [0.717, 1.165) is 23.1 Å². The Labute approximate surface area is 200 Å². The van der Waals surface area contributed by atoms with Gasteiger partial charge in [-0.05, 0) is 42.2 Å². The lowest BCUT2D eigenvalue weighted by Gasteiger charge is -2.21. The molecule has 0 bridgehead atoms. The van der Waals surface area contributed by atoms with Crippen LogP contribution in [0.4, 0.5) is 22.4 Å². The van der Waals surface area contributed by atoms with Crippen LogP contribution in [0, 0.1) is 18.7 Å². The summed E-state index contributed by atoms with van der Waals surface area (Å²) in [4.78, 5) is 14.4. The van der Waals surface area contributed by atoms with Crippen molar-refractivity contribution in [3.05, 3.63) is 77.2 Å². The van der Waals surface area contributed by atoms with Crippen LogP contribution in [-0.4, -0.2) is 42.4 Å². The van der Waals surface area contributed by atoms with Crippen molar-refractivity contribution >= 4 is 6.09 Å². The molecule has 0 radical (unpaired) electrons. The highest BCUT2D eigenvalue weighted by Crippen LogP contribution is 2.45. The van der Waals surface area contributed by atoms with Gasteiger partial charge in [0.1, 0.15) is 11.5 Å². The average molecular weight is 490 g/mol. The first kappa shape index (κ1) is 24.8. The van der Waals surface area contributed by atoms with Crippen LogP contribution in [0.2, 0.25) is 0 Å². The van der Waals surface area contributed by atoms with Crippen molar-refractivity contribution in [1.82, 2.24) is 9.47 Å². The molecule has 1 fully saturated rings. The molecule has 4 rings (SSSR count). The number of alkyl halides is 3. The van der Waals surface area contributed by atoms with Crippen molar-refractivity contribution in [3.63, 3.8) is 0 Å². The van der Waals surface area contributed by atoms with Crippen molar-refractivity contribution in [2.24, 2.45) is 5.92 Å². The van der Waals surface area contributed by atoms with Gasteiger partial charge in [0.25, 0.3) is 0 Å². The Morgan fingerprint density at radius 1 is 1.14 bits per heavy atom. The molecular weight excluding hydrogens is 464 g/mol. The number of carbonyl (C=O) groups is 1. The Morgan fingerprint density at radius 3 is 2.43 bits per heavy atom. The van der Waals surface area contributed by atoms with Gasteiger partial charge in [-0.2, -0.15) is 13.2 Å². The number of aromatic nitrogens is 1. The number of nitrogens with zero attached hydrogens (tertiary/aromatic N) is 2. The Morgan fingerprint density at radius 2 is 1.83 bits per heavy atom. The minimum Gasteiger partial charge on any atom is -0.392 e. The first-order chi connectivity index (χ1) is 16.6. The molecule has 5 nitrogen and oxygen atoms in total. The molecule has 1 aliphatic rings. The average Bonchev–Trinajstić information content (AvgIpc) is 3.41. The maximum absolute atomic E-state index is 14.3. The van der Waals surface area contributed by atoms with Crippen LogP contribution in [0.1, 0.15) is 23.2 Å². The minimum absolute atomic E-state index is 0.0965. The van der Waals surface area contributed by atoms with Crippen LogP contribution >= 0.6 is 0 Å². The number of hydrogen-bond donors (Lipinski definition) is 0. The Kier molecular flexibility index (Phi) is 7.16. The number of ether oxygens (including phenoxy) is 2. The lowest BCUT2D eigenvalue weighted by molar-refractivity contribution is -0.144. The molecular formula is C26H26F4N2O3. The van der Waals surface area contributed by atoms with Crippen LogP contribution < -0.4 is 4.74 Å². The highest BCUT2D eigenvalue weighted by Gasteiger charge is 2.41. The number of rotatable bonds is 6. The van der Waals surface area contributed by atoms with Crippen molar-refractivity contribution in [2.75, 3.05) is 26.8 Å². The number of halogens is 4. The van der Waals surface area contributed by atoms with E-state index in [1.165, 1.54) is 24.0 Å². The van der Waals surface area contributed by atoms with Crippen LogP contribution in [0.25, 0.3) is 11.1 Å². The van der Waals surface area contributed by atoms with E-state index in [0.29, 0.717) is 30.9 Å². The lowest BCUT2D eigenvalue weighted by Crippen LogP contribution is -2.35. The summed E-state index contributed by atoms with van der Waals surface area (Å²) in [7, 11) is 1.54. The van der Waals surface area contributed by atoms with Gasteiger partial charge in [0.05, 0.1) is 13.2 Å².